The number of hydrogen-bond donors (Lipinski definition) is 2. The van der Waals surface area contributed by atoms with Gasteiger partial charge in [0.05, 0.1) is 33.2 Å². The predicted molar refractivity (Wildman–Crippen MR) is 110 cm³/mol. The van der Waals surface area contributed by atoms with Crippen LogP contribution >= 0.6 is 23.2 Å². The molecule has 3 amide bonds. The summed E-state index contributed by atoms with van der Waals surface area (Å²) in [4.78, 5) is 33.1. The van der Waals surface area contributed by atoms with Gasteiger partial charge in [0.1, 0.15) is 0 Å². The number of imide groups is 1. The predicted octanol–water partition coefficient (Wildman–Crippen LogP) is 5.03. The first-order valence-corrected chi connectivity index (χ1v) is 9.08. The van der Waals surface area contributed by atoms with E-state index in [1.165, 1.54) is 18.3 Å². The van der Waals surface area contributed by atoms with Crippen LogP contribution in [0.1, 0.15) is 21.6 Å². The molecular weight excluding hydrogens is 399 g/mol. The molecule has 0 aliphatic heterocycles. The summed E-state index contributed by atoms with van der Waals surface area (Å²) < 4.78 is 0. The molecule has 0 aliphatic carbocycles. The quantitative estimate of drug-likeness (QED) is 0.629. The fraction of sp³-hybridized carbons (Fsp3) is 0.100. The Labute approximate surface area is 171 Å². The Morgan fingerprint density at radius 2 is 1.64 bits per heavy atom. The third kappa shape index (κ3) is 4.30. The molecule has 3 aromatic rings. The minimum atomic E-state index is -0.765. The molecule has 2 N–H and O–H groups in total. The maximum absolute atomic E-state index is 12.3. The van der Waals surface area contributed by atoms with Crippen molar-refractivity contribution in [2.75, 3.05) is 5.32 Å². The normalized spacial score (nSPS) is 10.4. The maximum atomic E-state index is 12.3. The smallest absolute Gasteiger partial charge is 0.291 e. The molecule has 0 unspecified atom stereocenters. The maximum Gasteiger partial charge on any atom is 0.327 e. The van der Waals surface area contributed by atoms with Gasteiger partial charge in [0.2, 0.25) is 0 Å². The van der Waals surface area contributed by atoms with E-state index in [0.29, 0.717) is 5.69 Å². The van der Waals surface area contributed by atoms with Gasteiger partial charge in [0, 0.05) is 5.56 Å². The van der Waals surface area contributed by atoms with Gasteiger partial charge < -0.3 is 0 Å². The Morgan fingerprint density at radius 3 is 2.29 bits per heavy atom. The monoisotopic (exact) mass is 414 g/mol. The number of carbonyl (C=O) groups is 2. The standard InChI is InChI=1S/C20H16Cl2N4O2/c1-11-6-3-4-7-13(11)18-12(2)24-16(10-23-18)25-20(28)26-19(27)17-14(21)8-5-9-15(17)22/h3-10H,1-2H3,(H2,24,25,26,27,28). The highest BCUT2D eigenvalue weighted by molar-refractivity contribution is 6.40. The average Bonchev–Trinajstić information content (AvgIpc) is 2.62. The molecule has 0 radical (unpaired) electrons. The fourth-order valence-corrected chi connectivity index (χ4v) is 3.24. The van der Waals surface area contributed by atoms with E-state index in [1.54, 1.807) is 13.0 Å². The van der Waals surface area contributed by atoms with E-state index < -0.39 is 11.9 Å². The molecule has 0 fully saturated rings. The summed E-state index contributed by atoms with van der Waals surface area (Å²) in [5, 5.41) is 4.96. The Kier molecular flexibility index (Phi) is 5.92. The molecule has 0 spiro atoms. The van der Waals surface area contributed by atoms with Crippen molar-refractivity contribution >= 4 is 41.0 Å². The molecule has 8 heteroatoms. The van der Waals surface area contributed by atoms with Gasteiger partial charge >= 0.3 is 6.03 Å². The number of aryl methyl sites for hydroxylation is 2. The van der Waals surface area contributed by atoms with E-state index in [2.05, 4.69) is 20.6 Å². The summed E-state index contributed by atoms with van der Waals surface area (Å²) in [5.41, 5.74) is 3.43. The lowest BCUT2D eigenvalue weighted by atomic mass is 10.0. The largest absolute Gasteiger partial charge is 0.327 e. The lowest BCUT2D eigenvalue weighted by molar-refractivity contribution is 0.0967. The number of urea groups is 1. The summed E-state index contributed by atoms with van der Waals surface area (Å²) >= 11 is 12.0. The van der Waals surface area contributed by atoms with Gasteiger partial charge in [0.25, 0.3) is 5.91 Å². The Morgan fingerprint density at radius 1 is 0.964 bits per heavy atom. The van der Waals surface area contributed by atoms with Crippen molar-refractivity contribution < 1.29 is 9.59 Å². The molecule has 3 rings (SSSR count). The summed E-state index contributed by atoms with van der Waals surface area (Å²) in [6, 6.07) is 11.7. The van der Waals surface area contributed by atoms with Crippen LogP contribution in [0.4, 0.5) is 10.6 Å². The number of nitrogens with zero attached hydrogens (tertiary/aromatic N) is 2. The SMILES string of the molecule is Cc1ccccc1-c1ncc(NC(=O)NC(=O)c2c(Cl)cccc2Cl)nc1C. The van der Waals surface area contributed by atoms with E-state index in [1.807, 2.05) is 31.2 Å². The van der Waals surface area contributed by atoms with E-state index in [4.69, 9.17) is 23.2 Å². The van der Waals surface area contributed by atoms with Crippen LogP contribution in [-0.4, -0.2) is 21.9 Å². The lowest BCUT2D eigenvalue weighted by Gasteiger charge is -2.11. The molecule has 0 aliphatic rings. The number of rotatable bonds is 3. The Bertz CT molecular complexity index is 1050. The molecule has 2 aromatic carbocycles. The molecule has 1 aromatic heterocycles. The van der Waals surface area contributed by atoms with E-state index in [-0.39, 0.29) is 21.4 Å². The van der Waals surface area contributed by atoms with Crippen LogP contribution in [0.15, 0.2) is 48.7 Å². The van der Waals surface area contributed by atoms with Crippen LogP contribution in [0.3, 0.4) is 0 Å². The van der Waals surface area contributed by atoms with Crippen molar-refractivity contribution in [3.63, 3.8) is 0 Å². The molecule has 0 saturated carbocycles. The highest BCUT2D eigenvalue weighted by Gasteiger charge is 2.18. The highest BCUT2D eigenvalue weighted by Crippen LogP contribution is 2.25. The number of nitrogens with one attached hydrogen (secondary N) is 2. The third-order valence-corrected chi connectivity index (χ3v) is 4.64. The van der Waals surface area contributed by atoms with E-state index in [0.717, 1.165) is 16.8 Å². The molecule has 142 valence electrons. The second-order valence-electron chi connectivity index (χ2n) is 6.01. The van der Waals surface area contributed by atoms with Crippen LogP contribution in [0.5, 0.6) is 0 Å². The number of benzene rings is 2. The number of hydrogen-bond acceptors (Lipinski definition) is 4. The van der Waals surface area contributed by atoms with Crippen molar-refractivity contribution in [1.29, 1.82) is 0 Å². The highest BCUT2D eigenvalue weighted by atomic mass is 35.5. The van der Waals surface area contributed by atoms with E-state index >= 15 is 0 Å². The van der Waals surface area contributed by atoms with Gasteiger partial charge in [-0.3, -0.25) is 20.4 Å². The molecule has 6 nitrogen and oxygen atoms in total. The van der Waals surface area contributed by atoms with Crippen molar-refractivity contribution in [1.82, 2.24) is 15.3 Å². The molecule has 28 heavy (non-hydrogen) atoms. The van der Waals surface area contributed by atoms with Crippen LogP contribution in [0.25, 0.3) is 11.3 Å². The van der Waals surface area contributed by atoms with Gasteiger partial charge in [-0.15, -0.1) is 0 Å². The minimum Gasteiger partial charge on any atom is -0.291 e. The van der Waals surface area contributed by atoms with Crippen LogP contribution in [0.2, 0.25) is 10.0 Å². The van der Waals surface area contributed by atoms with Gasteiger partial charge in [0.15, 0.2) is 5.82 Å². The average molecular weight is 415 g/mol. The van der Waals surface area contributed by atoms with Crippen molar-refractivity contribution in [2.24, 2.45) is 0 Å². The van der Waals surface area contributed by atoms with Crippen LogP contribution in [0, 0.1) is 13.8 Å². The summed E-state index contributed by atoms with van der Waals surface area (Å²) in [5.74, 6) is -0.500. The first kappa shape index (κ1) is 19.8. The second-order valence-corrected chi connectivity index (χ2v) is 6.82. The molecule has 0 atom stereocenters. The van der Waals surface area contributed by atoms with Crippen molar-refractivity contribution in [2.45, 2.75) is 13.8 Å². The van der Waals surface area contributed by atoms with Crippen molar-refractivity contribution in [3.8, 4) is 11.3 Å². The number of amides is 3. The summed E-state index contributed by atoms with van der Waals surface area (Å²) in [6.07, 6.45) is 1.43. The van der Waals surface area contributed by atoms with Gasteiger partial charge in [-0.05, 0) is 31.5 Å². The first-order chi connectivity index (χ1) is 13.4. The zero-order valence-electron chi connectivity index (χ0n) is 15.1. The summed E-state index contributed by atoms with van der Waals surface area (Å²) in [6.45, 7) is 3.79. The topological polar surface area (TPSA) is 84.0 Å². The molecule has 0 saturated heterocycles. The summed E-state index contributed by atoms with van der Waals surface area (Å²) in [7, 11) is 0. The zero-order chi connectivity index (χ0) is 20.3. The third-order valence-electron chi connectivity index (χ3n) is 4.01. The van der Waals surface area contributed by atoms with Crippen LogP contribution in [-0.2, 0) is 0 Å². The number of anilines is 1. The van der Waals surface area contributed by atoms with Crippen molar-refractivity contribution in [3.05, 3.63) is 75.5 Å². The molecular formula is C20H16Cl2N4O2. The van der Waals surface area contributed by atoms with Gasteiger partial charge in [-0.2, -0.15) is 0 Å². The van der Waals surface area contributed by atoms with Gasteiger partial charge in [-0.25, -0.2) is 9.78 Å². The Balaban J connectivity index is 1.74. The minimum absolute atomic E-state index is 0.0261. The lowest BCUT2D eigenvalue weighted by Crippen LogP contribution is -2.35. The number of carbonyl (C=O) groups excluding carboxylic acids is 2. The number of halogens is 2. The van der Waals surface area contributed by atoms with Gasteiger partial charge in [-0.1, -0.05) is 53.5 Å². The van der Waals surface area contributed by atoms with Crippen LogP contribution < -0.4 is 10.6 Å². The zero-order valence-corrected chi connectivity index (χ0v) is 16.6. The fourth-order valence-electron chi connectivity index (χ4n) is 2.67. The molecule has 1 heterocycles. The second kappa shape index (κ2) is 8.37. The van der Waals surface area contributed by atoms with E-state index in [9.17, 15) is 9.59 Å². The first-order valence-electron chi connectivity index (χ1n) is 8.33. The number of aromatic nitrogens is 2. The Hall–Kier alpha value is -2.96. The molecule has 0 bridgehead atoms.